The van der Waals surface area contributed by atoms with Crippen LogP contribution in [0.3, 0.4) is 0 Å². The normalized spacial score (nSPS) is 10.0. The van der Waals surface area contributed by atoms with Gasteiger partial charge in [-0.25, -0.2) is 10.8 Å². The van der Waals surface area contributed by atoms with Gasteiger partial charge in [0.1, 0.15) is 5.82 Å². The van der Waals surface area contributed by atoms with E-state index >= 15 is 0 Å². The van der Waals surface area contributed by atoms with Crippen LogP contribution in [0.1, 0.15) is 0 Å². The molecule has 0 fully saturated rings. The molecule has 3 N–H and O–H groups in total. The summed E-state index contributed by atoms with van der Waals surface area (Å²) in [5, 5.41) is 0.716. The minimum absolute atomic E-state index is 0.640. The summed E-state index contributed by atoms with van der Waals surface area (Å²) in [5.74, 6) is 5.87. The molecule has 0 saturated heterocycles. The van der Waals surface area contributed by atoms with Crippen LogP contribution in [0, 0.1) is 0 Å². The molecule has 1 aromatic heterocycles. The van der Waals surface area contributed by atoms with E-state index in [0.717, 1.165) is 11.1 Å². The quantitative estimate of drug-likeness (QED) is 0.603. The second-order valence-corrected chi connectivity index (χ2v) is 3.52. The zero-order valence-corrected chi connectivity index (χ0v) is 8.70. The van der Waals surface area contributed by atoms with E-state index in [1.807, 2.05) is 36.4 Å². The van der Waals surface area contributed by atoms with Gasteiger partial charge >= 0.3 is 0 Å². The van der Waals surface area contributed by atoms with Crippen LogP contribution in [0.2, 0.25) is 5.02 Å². The number of nitrogens with zero attached hydrogens (tertiary/aromatic N) is 1. The first-order valence-corrected chi connectivity index (χ1v) is 4.86. The van der Waals surface area contributed by atoms with Crippen molar-refractivity contribution in [1.29, 1.82) is 0 Å². The highest BCUT2D eigenvalue weighted by Gasteiger charge is 1.98. The molecule has 15 heavy (non-hydrogen) atoms. The summed E-state index contributed by atoms with van der Waals surface area (Å²) < 4.78 is 0. The van der Waals surface area contributed by atoms with E-state index in [1.54, 1.807) is 6.20 Å². The largest absolute Gasteiger partial charge is 0.308 e. The number of rotatable bonds is 2. The monoisotopic (exact) mass is 219 g/mol. The summed E-state index contributed by atoms with van der Waals surface area (Å²) in [4.78, 5) is 4.12. The molecule has 2 rings (SSSR count). The minimum atomic E-state index is 0.640. The molecule has 1 aromatic carbocycles. The number of nitrogens with two attached hydrogens (primary N) is 1. The van der Waals surface area contributed by atoms with E-state index < -0.39 is 0 Å². The Morgan fingerprint density at radius 1 is 1.13 bits per heavy atom. The van der Waals surface area contributed by atoms with Crippen LogP contribution < -0.4 is 11.3 Å². The molecule has 3 nitrogen and oxygen atoms in total. The molecule has 76 valence electrons. The first-order chi connectivity index (χ1) is 7.29. The molecule has 0 radical (unpaired) electrons. The van der Waals surface area contributed by atoms with Crippen LogP contribution in [0.25, 0.3) is 11.1 Å². The van der Waals surface area contributed by atoms with Crippen molar-refractivity contribution in [2.24, 2.45) is 5.84 Å². The number of nitrogen functional groups attached to an aromatic ring is 1. The van der Waals surface area contributed by atoms with Crippen molar-refractivity contribution < 1.29 is 0 Å². The van der Waals surface area contributed by atoms with Crippen molar-refractivity contribution in [3.63, 3.8) is 0 Å². The molecular formula is C11H10ClN3. The van der Waals surface area contributed by atoms with Gasteiger partial charge in [-0.05, 0) is 29.8 Å². The Hall–Kier alpha value is -1.58. The Kier molecular flexibility index (Phi) is 2.85. The highest BCUT2D eigenvalue weighted by molar-refractivity contribution is 6.30. The molecular weight excluding hydrogens is 210 g/mol. The maximum absolute atomic E-state index is 5.90. The van der Waals surface area contributed by atoms with Crippen molar-refractivity contribution in [2.45, 2.75) is 0 Å². The van der Waals surface area contributed by atoms with Gasteiger partial charge in [0.05, 0.1) is 0 Å². The van der Waals surface area contributed by atoms with Gasteiger partial charge in [-0.2, -0.15) is 0 Å². The van der Waals surface area contributed by atoms with Crippen LogP contribution in [0.4, 0.5) is 5.82 Å². The number of nitrogens with one attached hydrogen (secondary N) is 1. The molecule has 2 aromatic rings. The van der Waals surface area contributed by atoms with E-state index in [0.29, 0.717) is 10.8 Å². The lowest BCUT2D eigenvalue weighted by atomic mass is 10.1. The molecule has 0 unspecified atom stereocenters. The molecule has 0 saturated carbocycles. The third-order valence-corrected chi connectivity index (χ3v) is 2.30. The van der Waals surface area contributed by atoms with Gasteiger partial charge < -0.3 is 5.43 Å². The van der Waals surface area contributed by atoms with Crippen molar-refractivity contribution >= 4 is 17.4 Å². The van der Waals surface area contributed by atoms with Crippen LogP contribution in [-0.2, 0) is 0 Å². The predicted molar refractivity (Wildman–Crippen MR) is 62.5 cm³/mol. The molecule has 0 aliphatic heterocycles. The topological polar surface area (TPSA) is 50.9 Å². The molecule has 0 aliphatic rings. The Labute approximate surface area is 92.9 Å². The lowest BCUT2D eigenvalue weighted by Gasteiger charge is -2.03. The minimum Gasteiger partial charge on any atom is -0.308 e. The van der Waals surface area contributed by atoms with Gasteiger partial charge in [-0.3, -0.25) is 0 Å². The molecule has 0 amide bonds. The SMILES string of the molecule is NNc1ccc(-c2cccc(Cl)c2)cn1. The van der Waals surface area contributed by atoms with Crippen LogP contribution >= 0.6 is 11.6 Å². The Morgan fingerprint density at radius 3 is 2.60 bits per heavy atom. The number of hydrogen-bond donors (Lipinski definition) is 2. The maximum Gasteiger partial charge on any atom is 0.139 e. The van der Waals surface area contributed by atoms with Gasteiger partial charge in [0.2, 0.25) is 0 Å². The fourth-order valence-electron chi connectivity index (χ4n) is 1.32. The first-order valence-electron chi connectivity index (χ1n) is 4.48. The first kappa shape index (κ1) is 9.96. The lowest BCUT2D eigenvalue weighted by Crippen LogP contribution is -2.07. The van der Waals surface area contributed by atoms with Crippen LogP contribution in [-0.4, -0.2) is 4.98 Å². The number of halogens is 1. The second-order valence-electron chi connectivity index (χ2n) is 3.09. The number of pyridine rings is 1. The van der Waals surface area contributed by atoms with Gasteiger partial charge in [0.25, 0.3) is 0 Å². The summed E-state index contributed by atoms with van der Waals surface area (Å²) in [6.07, 6.45) is 1.75. The average Bonchev–Trinajstić information content (AvgIpc) is 2.29. The van der Waals surface area contributed by atoms with E-state index in [9.17, 15) is 0 Å². The lowest BCUT2D eigenvalue weighted by molar-refractivity contribution is 1.23. The molecule has 1 heterocycles. The fraction of sp³-hybridized carbons (Fsp3) is 0. The third-order valence-electron chi connectivity index (χ3n) is 2.07. The third kappa shape index (κ3) is 2.26. The highest BCUT2D eigenvalue weighted by Crippen LogP contribution is 2.22. The summed E-state index contributed by atoms with van der Waals surface area (Å²) in [6.45, 7) is 0. The van der Waals surface area contributed by atoms with Gasteiger partial charge in [-0.15, -0.1) is 0 Å². The number of anilines is 1. The standard InChI is InChI=1S/C11H10ClN3/c12-10-3-1-2-8(6-10)9-4-5-11(15-13)14-7-9/h1-7H,13H2,(H,14,15). The maximum atomic E-state index is 5.90. The fourth-order valence-corrected chi connectivity index (χ4v) is 1.51. The number of hydrogen-bond acceptors (Lipinski definition) is 3. The predicted octanol–water partition coefficient (Wildman–Crippen LogP) is 2.69. The van der Waals surface area contributed by atoms with E-state index in [-0.39, 0.29) is 0 Å². The highest BCUT2D eigenvalue weighted by atomic mass is 35.5. The van der Waals surface area contributed by atoms with Gasteiger partial charge in [0.15, 0.2) is 0 Å². The van der Waals surface area contributed by atoms with Gasteiger partial charge in [-0.1, -0.05) is 23.7 Å². The zero-order chi connectivity index (χ0) is 10.7. The average molecular weight is 220 g/mol. The molecule has 0 atom stereocenters. The summed E-state index contributed by atoms with van der Waals surface area (Å²) in [6, 6.07) is 11.4. The summed E-state index contributed by atoms with van der Waals surface area (Å²) >= 11 is 5.90. The van der Waals surface area contributed by atoms with Crippen molar-refractivity contribution in [1.82, 2.24) is 4.98 Å². The molecule has 0 spiro atoms. The number of hydrazine groups is 1. The number of benzene rings is 1. The van der Waals surface area contributed by atoms with Crippen LogP contribution in [0.15, 0.2) is 42.6 Å². The Balaban J connectivity index is 2.37. The molecule has 4 heteroatoms. The number of aromatic nitrogens is 1. The van der Waals surface area contributed by atoms with Gasteiger partial charge in [0, 0.05) is 16.8 Å². The Bertz CT molecular complexity index is 454. The van der Waals surface area contributed by atoms with E-state index in [2.05, 4.69) is 10.4 Å². The second kappa shape index (κ2) is 4.29. The van der Waals surface area contributed by atoms with E-state index in [4.69, 9.17) is 17.4 Å². The zero-order valence-electron chi connectivity index (χ0n) is 7.94. The molecule has 0 bridgehead atoms. The van der Waals surface area contributed by atoms with Crippen molar-refractivity contribution in [3.8, 4) is 11.1 Å². The smallest absolute Gasteiger partial charge is 0.139 e. The van der Waals surface area contributed by atoms with Crippen molar-refractivity contribution in [2.75, 3.05) is 5.43 Å². The van der Waals surface area contributed by atoms with Crippen molar-refractivity contribution in [3.05, 3.63) is 47.6 Å². The molecule has 0 aliphatic carbocycles. The van der Waals surface area contributed by atoms with Crippen LogP contribution in [0.5, 0.6) is 0 Å². The Morgan fingerprint density at radius 2 is 2.00 bits per heavy atom. The summed E-state index contributed by atoms with van der Waals surface area (Å²) in [7, 11) is 0. The summed E-state index contributed by atoms with van der Waals surface area (Å²) in [5.41, 5.74) is 4.53. The van der Waals surface area contributed by atoms with E-state index in [1.165, 1.54) is 0 Å².